The van der Waals surface area contributed by atoms with E-state index < -0.39 is 66.2 Å². The fourth-order valence-electron chi connectivity index (χ4n) is 9.81. The van der Waals surface area contributed by atoms with Crippen molar-refractivity contribution in [2.75, 3.05) is 32.8 Å². The maximum atomic E-state index is 14.8. The van der Waals surface area contributed by atoms with Crippen LogP contribution in [-0.4, -0.2) is 117 Å². The summed E-state index contributed by atoms with van der Waals surface area (Å²) < 4.78 is 53.6. The number of piperidine rings is 1. The number of alkyl halides is 2. The summed E-state index contributed by atoms with van der Waals surface area (Å²) in [5.41, 5.74) is -3.20. The molecule has 4 N–H and O–H groups in total. The number of thiophene rings is 1. The fraction of sp³-hybridized carbons (Fsp3) is 0.472. The zero-order valence-corrected chi connectivity index (χ0v) is 42.7. The Morgan fingerprint density at radius 2 is 1.73 bits per heavy atom. The molecule has 4 aromatic rings. The number of imide groups is 1. The van der Waals surface area contributed by atoms with Crippen molar-refractivity contribution in [3.05, 3.63) is 105 Å². The number of ether oxygens (including phenoxy) is 2. The molecule has 3 aromatic carbocycles. The summed E-state index contributed by atoms with van der Waals surface area (Å²) in [5, 5.41) is 5.36. The van der Waals surface area contributed by atoms with Gasteiger partial charge in [-0.1, -0.05) is 94.3 Å². The number of carbonyl (C=O) groups excluding carboxylic acids is 6. The Balaban J connectivity index is 0.872. The van der Waals surface area contributed by atoms with Gasteiger partial charge >= 0.3 is 13.3 Å². The highest BCUT2D eigenvalue weighted by atomic mass is 32.1. The average molecular weight is 1040 g/mol. The minimum absolute atomic E-state index is 0.0903. The number of likely N-dealkylation sites (tertiary alicyclic amines) is 1. The van der Waals surface area contributed by atoms with E-state index in [9.17, 15) is 51.9 Å². The van der Waals surface area contributed by atoms with E-state index in [-0.39, 0.29) is 66.6 Å². The molecule has 1 aromatic heterocycles. The Bertz CT molecular complexity index is 2880. The zero-order valence-electron chi connectivity index (χ0n) is 40.9. The highest BCUT2D eigenvalue weighted by Gasteiger charge is 2.51. The van der Waals surface area contributed by atoms with Gasteiger partial charge in [-0.3, -0.25) is 38.6 Å². The number of fused-ring (bicyclic) bond motifs is 2. The van der Waals surface area contributed by atoms with Crippen molar-refractivity contribution in [3.63, 3.8) is 0 Å². The van der Waals surface area contributed by atoms with Gasteiger partial charge in [0.25, 0.3) is 11.8 Å². The minimum atomic E-state index is -5.83. The maximum Gasteiger partial charge on any atom is 0.399 e. The van der Waals surface area contributed by atoms with Gasteiger partial charge in [0.15, 0.2) is 0 Å². The Morgan fingerprint density at radius 3 is 2.47 bits per heavy atom. The molecule has 4 aliphatic rings. The van der Waals surface area contributed by atoms with Gasteiger partial charge in [0.2, 0.25) is 23.6 Å². The van der Waals surface area contributed by atoms with E-state index in [0.717, 1.165) is 72.3 Å². The lowest BCUT2D eigenvalue weighted by Crippen LogP contribution is -2.58. The SMILES string of the molecule is CC(C)(C)[C@H](NC(=O)c1cc2cc(C(F)(F)P(=O)(O)O)ccc2s1)C(=O)N1C[C@@H](OCCCCCCCC#Cc2cccc3c2CN(C2CCC(=O)NC2=O)C3=O)C[C@H]1C(=O)N1CCO[C@H](c2ccccc2)C1. The lowest BCUT2D eigenvalue weighted by atomic mass is 9.85. The molecule has 16 nitrogen and oxygen atoms in total. The molecule has 5 atom stereocenters. The van der Waals surface area contributed by atoms with E-state index in [2.05, 4.69) is 22.5 Å². The molecule has 0 radical (unpaired) electrons. The van der Waals surface area contributed by atoms with Gasteiger partial charge < -0.3 is 39.3 Å². The summed E-state index contributed by atoms with van der Waals surface area (Å²) in [6.07, 6.45) is 4.92. The summed E-state index contributed by atoms with van der Waals surface area (Å²) in [4.78, 5) is 104. The number of nitrogens with zero attached hydrogens (tertiary/aromatic N) is 3. The second-order valence-corrected chi connectivity index (χ2v) is 22.8. The molecule has 3 saturated heterocycles. The Hall–Kier alpha value is -5.87. The largest absolute Gasteiger partial charge is 0.399 e. The predicted octanol–water partition coefficient (Wildman–Crippen LogP) is 7.01. The molecule has 20 heteroatoms. The third-order valence-corrected chi connectivity index (χ3v) is 15.9. The van der Waals surface area contributed by atoms with E-state index in [0.29, 0.717) is 42.9 Å². The van der Waals surface area contributed by atoms with Crippen LogP contribution in [0.5, 0.6) is 0 Å². The number of hydrogen-bond acceptors (Lipinski definition) is 10. The molecule has 1 unspecified atom stereocenters. The lowest BCUT2D eigenvalue weighted by Gasteiger charge is -2.38. The molecule has 6 amide bonds. The van der Waals surface area contributed by atoms with Gasteiger partial charge in [0.1, 0.15) is 24.2 Å². The number of hydrogen-bond donors (Lipinski definition) is 4. The number of carbonyl (C=O) groups is 6. The molecule has 4 aliphatic heterocycles. The number of benzene rings is 3. The van der Waals surface area contributed by atoms with Gasteiger partial charge in [0, 0.05) is 66.9 Å². The van der Waals surface area contributed by atoms with Gasteiger partial charge in [0.05, 0.1) is 24.1 Å². The summed E-state index contributed by atoms with van der Waals surface area (Å²) in [6.45, 7) is 7.05. The first-order valence-electron chi connectivity index (χ1n) is 24.6. The van der Waals surface area contributed by atoms with Crippen LogP contribution in [0.15, 0.2) is 72.8 Å². The van der Waals surface area contributed by atoms with Crippen molar-refractivity contribution in [3.8, 4) is 11.8 Å². The van der Waals surface area contributed by atoms with Crippen molar-refractivity contribution >= 4 is 64.5 Å². The first kappa shape index (κ1) is 53.4. The molecule has 5 heterocycles. The number of morpholine rings is 1. The molecular formula is C53H60F2N5O11PS. The Labute approximate surface area is 426 Å². The van der Waals surface area contributed by atoms with Crippen LogP contribution in [0.4, 0.5) is 8.78 Å². The highest BCUT2D eigenvalue weighted by Crippen LogP contribution is 2.59. The van der Waals surface area contributed by atoms with Crippen LogP contribution in [0.3, 0.4) is 0 Å². The lowest BCUT2D eigenvalue weighted by molar-refractivity contribution is -0.150. The van der Waals surface area contributed by atoms with E-state index in [1.165, 1.54) is 21.9 Å². The first-order valence-corrected chi connectivity index (χ1v) is 27.1. The number of halogens is 2. The van der Waals surface area contributed by atoms with Gasteiger partial charge in [-0.25, -0.2) is 0 Å². The topological polar surface area (TPSA) is 212 Å². The second-order valence-electron chi connectivity index (χ2n) is 20.1. The normalized spacial score (nSPS) is 20.9. The third kappa shape index (κ3) is 12.1. The maximum absolute atomic E-state index is 14.8. The standard InChI is InChI=1S/C53H60F2N5O11PS/c1-52(2,3)46(57-48(63)44-28-35-27-36(20-22-43(35)73-44)53(54,55)72(67,68)69)51(66)59-30-37(29-41(59)50(65)58-24-26-71-42(32-58)34-16-11-9-12-17-34)70-25-13-8-6-4-5-7-10-15-33-18-14-19-38-39(33)31-60(49(38)64)40-21-23-45(61)56-47(40)62/h9,11-12,14,16-20,22,27-28,37,40-42,46H,4-8,13,21,23-26,29-32H2,1-3H3,(H,57,63)(H,56,61,62)(H2,67,68,69)/t37-,40?,41-,42-,46+/m0/s1. The van der Waals surface area contributed by atoms with Crippen molar-refractivity contribution in [2.45, 2.75) is 121 Å². The smallest absolute Gasteiger partial charge is 0.376 e. The molecule has 8 rings (SSSR count). The number of rotatable bonds is 16. The van der Waals surface area contributed by atoms with Gasteiger partial charge in [-0.05, 0) is 71.5 Å². The molecule has 73 heavy (non-hydrogen) atoms. The summed E-state index contributed by atoms with van der Waals surface area (Å²) in [7, 11) is -5.83. The molecule has 3 fully saturated rings. The van der Waals surface area contributed by atoms with Crippen LogP contribution >= 0.6 is 18.9 Å². The fourth-order valence-corrected chi connectivity index (χ4v) is 11.2. The van der Waals surface area contributed by atoms with Crippen LogP contribution < -0.4 is 10.6 Å². The van der Waals surface area contributed by atoms with Crippen LogP contribution in [0.2, 0.25) is 0 Å². The highest BCUT2D eigenvalue weighted by molar-refractivity contribution is 7.52. The third-order valence-electron chi connectivity index (χ3n) is 13.8. The second kappa shape index (κ2) is 22.3. The van der Waals surface area contributed by atoms with Crippen LogP contribution in [0.25, 0.3) is 10.1 Å². The molecule has 388 valence electrons. The Kier molecular flexibility index (Phi) is 16.3. The molecule has 0 spiro atoms. The van der Waals surface area contributed by atoms with Crippen molar-refractivity contribution in [1.82, 2.24) is 25.3 Å². The molecule has 0 bridgehead atoms. The molecule has 0 saturated carbocycles. The molecule has 0 aliphatic carbocycles. The van der Waals surface area contributed by atoms with Crippen molar-refractivity contribution < 1.29 is 61.4 Å². The van der Waals surface area contributed by atoms with Crippen molar-refractivity contribution in [1.29, 1.82) is 0 Å². The van der Waals surface area contributed by atoms with Crippen molar-refractivity contribution in [2.24, 2.45) is 5.41 Å². The monoisotopic (exact) mass is 1040 g/mol. The Morgan fingerprint density at radius 1 is 0.973 bits per heavy atom. The minimum Gasteiger partial charge on any atom is -0.376 e. The molecular weight excluding hydrogens is 984 g/mol. The van der Waals surface area contributed by atoms with Gasteiger partial charge in [-0.2, -0.15) is 8.78 Å². The summed E-state index contributed by atoms with van der Waals surface area (Å²) in [5.74, 6) is 4.05. The summed E-state index contributed by atoms with van der Waals surface area (Å²) >= 11 is 0.976. The van der Waals surface area contributed by atoms with E-state index >= 15 is 0 Å². The first-order chi connectivity index (χ1) is 34.7. The van der Waals surface area contributed by atoms with Crippen LogP contribution in [-0.2, 0) is 45.4 Å². The number of nitrogens with one attached hydrogen (secondary N) is 2. The predicted molar refractivity (Wildman–Crippen MR) is 267 cm³/mol. The number of amides is 6. The van der Waals surface area contributed by atoms with Crippen LogP contribution in [0, 0.1) is 17.3 Å². The van der Waals surface area contributed by atoms with E-state index in [1.807, 2.05) is 36.4 Å². The van der Waals surface area contributed by atoms with Gasteiger partial charge in [-0.15, -0.1) is 11.3 Å². The summed E-state index contributed by atoms with van der Waals surface area (Å²) in [6, 6.07) is 16.7. The average Bonchev–Trinajstić information content (AvgIpc) is 4.08. The van der Waals surface area contributed by atoms with E-state index in [4.69, 9.17) is 9.47 Å². The number of unbranched alkanes of at least 4 members (excludes halogenated alkanes) is 5. The zero-order chi connectivity index (χ0) is 52.2. The van der Waals surface area contributed by atoms with Crippen LogP contribution in [0.1, 0.15) is 127 Å². The van der Waals surface area contributed by atoms with E-state index in [1.54, 1.807) is 37.8 Å². The quantitative estimate of drug-likeness (QED) is 0.0388.